The lowest BCUT2D eigenvalue weighted by molar-refractivity contribution is 0.699. The second kappa shape index (κ2) is 4.52. The molecular weight excluding hydrogens is 228 g/mol. The molecule has 0 aliphatic heterocycles. The third-order valence-corrected chi connectivity index (χ3v) is 3.21. The van der Waals surface area contributed by atoms with E-state index in [2.05, 4.69) is 0 Å². The molecule has 2 N–H and O–H groups in total. The molecule has 1 nitrogen and oxygen atoms in total. The van der Waals surface area contributed by atoms with E-state index in [1.807, 2.05) is 13.0 Å². The minimum Gasteiger partial charge on any atom is -0.324 e. The van der Waals surface area contributed by atoms with Crippen LogP contribution in [0.25, 0.3) is 0 Å². The molecule has 0 bridgehead atoms. The van der Waals surface area contributed by atoms with Crippen molar-refractivity contribution in [2.45, 2.75) is 19.4 Å². The van der Waals surface area contributed by atoms with Gasteiger partial charge in [0, 0.05) is 6.04 Å². The van der Waals surface area contributed by atoms with Gasteiger partial charge in [-0.3, -0.25) is 0 Å². The predicted octanol–water partition coefficient (Wildman–Crippen LogP) is 4.06. The van der Waals surface area contributed by atoms with Crippen LogP contribution in [0.1, 0.15) is 24.9 Å². The normalized spacial score (nSPS) is 13.0. The average molecular weight is 239 g/mol. The molecular formula is C9H10Cl3N. The molecule has 0 amide bonds. The van der Waals surface area contributed by atoms with Crippen LogP contribution in [0, 0.1) is 0 Å². The van der Waals surface area contributed by atoms with Crippen LogP contribution in [0.4, 0.5) is 0 Å². The molecule has 0 fully saturated rings. The summed E-state index contributed by atoms with van der Waals surface area (Å²) in [4.78, 5) is 0. The van der Waals surface area contributed by atoms with E-state index in [-0.39, 0.29) is 6.04 Å². The van der Waals surface area contributed by atoms with Crippen molar-refractivity contribution in [1.82, 2.24) is 0 Å². The maximum absolute atomic E-state index is 5.98. The fourth-order valence-electron chi connectivity index (χ4n) is 1.05. The van der Waals surface area contributed by atoms with E-state index in [9.17, 15) is 0 Å². The van der Waals surface area contributed by atoms with Crippen LogP contribution >= 0.6 is 34.8 Å². The van der Waals surface area contributed by atoms with Gasteiger partial charge >= 0.3 is 0 Å². The predicted molar refractivity (Wildman–Crippen MR) is 58.7 cm³/mol. The van der Waals surface area contributed by atoms with Gasteiger partial charge in [-0.15, -0.1) is 0 Å². The highest BCUT2D eigenvalue weighted by Gasteiger charge is 2.12. The monoisotopic (exact) mass is 237 g/mol. The van der Waals surface area contributed by atoms with Crippen molar-refractivity contribution in [3.8, 4) is 0 Å². The maximum atomic E-state index is 5.98. The standard InChI is InChI=1S/C9H10Cl3N/c1-2-7(13)5-3-4-6(10)9(12)8(5)11/h3-4,7H,2,13H2,1H3. The summed E-state index contributed by atoms with van der Waals surface area (Å²) in [6, 6.07) is 3.44. The fourth-order valence-corrected chi connectivity index (χ4v) is 1.73. The summed E-state index contributed by atoms with van der Waals surface area (Å²) in [5, 5.41) is 1.30. The fraction of sp³-hybridized carbons (Fsp3) is 0.333. The van der Waals surface area contributed by atoms with Gasteiger partial charge in [-0.05, 0) is 18.1 Å². The molecule has 1 unspecified atom stereocenters. The summed E-state index contributed by atoms with van der Waals surface area (Å²) in [6.07, 6.45) is 0.817. The number of halogens is 3. The molecule has 0 aliphatic carbocycles. The van der Waals surface area contributed by atoms with Crippen LogP contribution in [0.5, 0.6) is 0 Å². The third kappa shape index (κ3) is 2.29. The molecule has 0 spiro atoms. The van der Waals surface area contributed by atoms with Gasteiger partial charge in [0.15, 0.2) is 0 Å². The molecule has 0 heterocycles. The zero-order valence-corrected chi connectivity index (χ0v) is 9.42. The second-order valence-electron chi connectivity index (χ2n) is 2.78. The summed E-state index contributed by atoms with van der Waals surface area (Å²) in [5.41, 5.74) is 6.67. The molecule has 0 saturated heterocycles. The van der Waals surface area contributed by atoms with Gasteiger partial charge < -0.3 is 5.73 Å². The van der Waals surface area contributed by atoms with Crippen molar-refractivity contribution in [2.75, 3.05) is 0 Å². The Labute approximate surface area is 92.8 Å². The van der Waals surface area contributed by atoms with E-state index < -0.39 is 0 Å². The lowest BCUT2D eigenvalue weighted by atomic mass is 10.1. The molecule has 13 heavy (non-hydrogen) atoms. The van der Waals surface area contributed by atoms with Crippen molar-refractivity contribution < 1.29 is 0 Å². The minimum atomic E-state index is -0.0812. The average Bonchev–Trinajstić information content (AvgIpc) is 2.13. The lowest BCUT2D eigenvalue weighted by Crippen LogP contribution is -2.09. The van der Waals surface area contributed by atoms with Gasteiger partial charge in [0.25, 0.3) is 0 Å². The summed E-state index contributed by atoms with van der Waals surface area (Å²) >= 11 is 17.6. The van der Waals surface area contributed by atoms with Gasteiger partial charge in [0.05, 0.1) is 15.1 Å². The maximum Gasteiger partial charge on any atom is 0.0781 e. The molecule has 72 valence electrons. The number of rotatable bonds is 2. The van der Waals surface area contributed by atoms with E-state index in [4.69, 9.17) is 40.5 Å². The highest BCUT2D eigenvalue weighted by Crippen LogP contribution is 2.35. The van der Waals surface area contributed by atoms with Gasteiger partial charge in [-0.25, -0.2) is 0 Å². The van der Waals surface area contributed by atoms with Crippen LogP contribution in [0.3, 0.4) is 0 Å². The van der Waals surface area contributed by atoms with Crippen molar-refractivity contribution in [2.24, 2.45) is 5.73 Å². The van der Waals surface area contributed by atoms with Crippen molar-refractivity contribution >= 4 is 34.8 Å². The Kier molecular flexibility index (Phi) is 3.87. The Hall–Kier alpha value is 0.0500. The Morgan fingerprint density at radius 1 is 1.23 bits per heavy atom. The van der Waals surface area contributed by atoms with Gasteiger partial charge in [0.2, 0.25) is 0 Å². The van der Waals surface area contributed by atoms with E-state index in [1.165, 1.54) is 0 Å². The topological polar surface area (TPSA) is 26.0 Å². The summed E-state index contributed by atoms with van der Waals surface area (Å²) in [5.74, 6) is 0. The van der Waals surface area contributed by atoms with Crippen LogP contribution in [-0.4, -0.2) is 0 Å². The number of nitrogens with two attached hydrogens (primary N) is 1. The Morgan fingerprint density at radius 2 is 1.85 bits per heavy atom. The summed E-state index contributed by atoms with van der Waals surface area (Å²) in [6.45, 7) is 1.99. The van der Waals surface area contributed by atoms with Crippen molar-refractivity contribution in [3.63, 3.8) is 0 Å². The lowest BCUT2D eigenvalue weighted by Gasteiger charge is -2.12. The first-order chi connectivity index (χ1) is 6.07. The summed E-state index contributed by atoms with van der Waals surface area (Å²) in [7, 11) is 0. The molecule has 1 aromatic rings. The largest absolute Gasteiger partial charge is 0.324 e. The van der Waals surface area contributed by atoms with Crippen LogP contribution in [-0.2, 0) is 0 Å². The van der Waals surface area contributed by atoms with E-state index >= 15 is 0 Å². The first-order valence-corrected chi connectivity index (χ1v) is 5.10. The third-order valence-electron chi connectivity index (χ3n) is 1.90. The molecule has 1 atom stereocenters. The highest BCUT2D eigenvalue weighted by molar-refractivity contribution is 6.48. The number of benzene rings is 1. The smallest absolute Gasteiger partial charge is 0.0781 e. The van der Waals surface area contributed by atoms with E-state index in [1.54, 1.807) is 6.07 Å². The molecule has 1 rings (SSSR count). The first kappa shape index (κ1) is 11.1. The van der Waals surface area contributed by atoms with Crippen LogP contribution in [0.2, 0.25) is 15.1 Å². The highest BCUT2D eigenvalue weighted by atomic mass is 35.5. The first-order valence-electron chi connectivity index (χ1n) is 3.96. The van der Waals surface area contributed by atoms with Crippen LogP contribution < -0.4 is 5.73 Å². The SMILES string of the molecule is CCC(N)c1ccc(Cl)c(Cl)c1Cl. The number of hydrogen-bond acceptors (Lipinski definition) is 1. The molecule has 0 saturated carbocycles. The Balaban J connectivity index is 3.18. The molecule has 1 aromatic carbocycles. The van der Waals surface area contributed by atoms with Gasteiger partial charge in [-0.1, -0.05) is 47.8 Å². The van der Waals surface area contributed by atoms with E-state index in [0.717, 1.165) is 12.0 Å². The molecule has 4 heteroatoms. The Bertz CT molecular complexity index is 312. The van der Waals surface area contributed by atoms with E-state index in [0.29, 0.717) is 15.1 Å². The number of hydrogen-bond donors (Lipinski definition) is 1. The van der Waals surface area contributed by atoms with Crippen molar-refractivity contribution in [1.29, 1.82) is 0 Å². The quantitative estimate of drug-likeness (QED) is 0.773. The Morgan fingerprint density at radius 3 is 2.38 bits per heavy atom. The van der Waals surface area contributed by atoms with Crippen LogP contribution in [0.15, 0.2) is 12.1 Å². The zero-order valence-electron chi connectivity index (χ0n) is 7.15. The summed E-state index contributed by atoms with van der Waals surface area (Å²) < 4.78 is 0. The molecule has 0 aliphatic rings. The van der Waals surface area contributed by atoms with Crippen molar-refractivity contribution in [3.05, 3.63) is 32.8 Å². The minimum absolute atomic E-state index is 0.0812. The molecule has 0 aromatic heterocycles. The van der Waals surface area contributed by atoms with Gasteiger partial charge in [-0.2, -0.15) is 0 Å². The zero-order chi connectivity index (χ0) is 10.0. The second-order valence-corrected chi connectivity index (χ2v) is 3.94. The molecule has 0 radical (unpaired) electrons. The van der Waals surface area contributed by atoms with Gasteiger partial charge in [0.1, 0.15) is 0 Å².